The first-order valence-corrected chi connectivity index (χ1v) is 8.55. The summed E-state index contributed by atoms with van der Waals surface area (Å²) >= 11 is 0. The molecule has 0 saturated heterocycles. The third-order valence-electron chi connectivity index (χ3n) is 4.60. The molecule has 0 spiro atoms. The molecule has 0 radical (unpaired) electrons. The zero-order chi connectivity index (χ0) is 18.5. The van der Waals surface area contributed by atoms with Crippen LogP contribution in [0, 0.1) is 0 Å². The molecule has 6 heteroatoms. The number of hydrogen-bond acceptors (Lipinski definition) is 3. The molecule has 138 valence electrons. The van der Waals surface area contributed by atoms with E-state index in [1.165, 1.54) is 18.7 Å². The lowest BCUT2D eigenvalue weighted by molar-refractivity contribution is -0.123. The van der Waals surface area contributed by atoms with Gasteiger partial charge in [0.25, 0.3) is 0 Å². The molecule has 0 fully saturated rings. The van der Waals surface area contributed by atoms with Gasteiger partial charge in [-0.1, -0.05) is 30.3 Å². The number of halogens is 2. The molecule has 0 aliphatic heterocycles. The average Bonchev–Trinajstić information content (AvgIpc) is 2.65. The summed E-state index contributed by atoms with van der Waals surface area (Å²) in [5, 5.41) is 2.90. The lowest BCUT2D eigenvalue weighted by Gasteiger charge is -2.24. The Hall–Kier alpha value is -2.63. The first kappa shape index (κ1) is 18.2. The fourth-order valence-corrected chi connectivity index (χ4v) is 3.36. The van der Waals surface area contributed by atoms with E-state index in [-0.39, 0.29) is 29.9 Å². The minimum absolute atomic E-state index is 0.0442. The number of fused-ring (bicyclic) bond motifs is 1. The average molecular weight is 361 g/mol. The van der Waals surface area contributed by atoms with E-state index in [0.717, 1.165) is 24.8 Å². The van der Waals surface area contributed by atoms with Crippen LogP contribution in [-0.4, -0.2) is 19.6 Å². The summed E-state index contributed by atoms with van der Waals surface area (Å²) in [4.78, 5) is 12.6. The fraction of sp³-hybridized carbons (Fsp3) is 0.350. The SMILES string of the molecule is COc1ccc(CNC(=O)C2CCCc3ccccc32)cc1OC(F)F. The van der Waals surface area contributed by atoms with Crippen LogP contribution in [0.4, 0.5) is 8.78 Å². The van der Waals surface area contributed by atoms with Crippen molar-refractivity contribution in [3.05, 3.63) is 59.2 Å². The Balaban J connectivity index is 1.68. The van der Waals surface area contributed by atoms with Gasteiger partial charge in [-0.15, -0.1) is 0 Å². The Bertz CT molecular complexity index is 779. The van der Waals surface area contributed by atoms with Gasteiger partial charge >= 0.3 is 6.61 Å². The summed E-state index contributed by atoms with van der Waals surface area (Å²) in [7, 11) is 1.38. The number of alkyl halides is 2. The highest BCUT2D eigenvalue weighted by Gasteiger charge is 2.25. The summed E-state index contributed by atoms with van der Waals surface area (Å²) in [5.41, 5.74) is 2.96. The van der Waals surface area contributed by atoms with Gasteiger partial charge < -0.3 is 14.8 Å². The molecular formula is C20H21F2NO3. The summed E-state index contributed by atoms with van der Waals surface area (Å²) in [6.07, 6.45) is 2.78. The van der Waals surface area contributed by atoms with Crippen molar-refractivity contribution in [2.45, 2.75) is 38.3 Å². The van der Waals surface area contributed by atoms with Gasteiger partial charge in [-0.3, -0.25) is 4.79 Å². The molecule has 1 aliphatic rings. The largest absolute Gasteiger partial charge is 0.493 e. The topological polar surface area (TPSA) is 47.6 Å². The lowest BCUT2D eigenvalue weighted by atomic mass is 9.82. The molecule has 2 aromatic carbocycles. The van der Waals surface area contributed by atoms with E-state index in [0.29, 0.717) is 5.56 Å². The number of aryl methyl sites for hydroxylation is 1. The van der Waals surface area contributed by atoms with Crippen LogP contribution in [-0.2, 0) is 17.8 Å². The lowest BCUT2D eigenvalue weighted by Crippen LogP contribution is -2.31. The summed E-state index contributed by atoms with van der Waals surface area (Å²) in [6, 6.07) is 12.7. The van der Waals surface area contributed by atoms with Gasteiger partial charge in [0.2, 0.25) is 5.91 Å². The van der Waals surface area contributed by atoms with E-state index in [1.807, 2.05) is 18.2 Å². The second kappa shape index (κ2) is 8.17. The molecular weight excluding hydrogens is 340 g/mol. The molecule has 0 heterocycles. The van der Waals surface area contributed by atoms with Crippen molar-refractivity contribution in [3.8, 4) is 11.5 Å². The van der Waals surface area contributed by atoms with Crippen LogP contribution in [0.1, 0.15) is 35.4 Å². The van der Waals surface area contributed by atoms with Crippen LogP contribution >= 0.6 is 0 Å². The van der Waals surface area contributed by atoms with Crippen LogP contribution in [0.5, 0.6) is 11.5 Å². The number of carbonyl (C=O) groups excluding carboxylic acids is 1. The van der Waals surface area contributed by atoms with Gasteiger partial charge in [-0.2, -0.15) is 8.78 Å². The Morgan fingerprint density at radius 2 is 2.04 bits per heavy atom. The van der Waals surface area contributed by atoms with Crippen LogP contribution < -0.4 is 14.8 Å². The summed E-state index contributed by atoms with van der Waals surface area (Å²) in [5.74, 6) is -0.0434. The molecule has 1 N–H and O–H groups in total. The number of nitrogens with one attached hydrogen (secondary N) is 1. The van der Waals surface area contributed by atoms with E-state index in [4.69, 9.17) is 4.74 Å². The standard InChI is InChI=1S/C20H21F2NO3/c1-25-17-10-9-13(11-18(17)26-20(21)22)12-23-19(24)16-8-4-6-14-5-2-3-7-15(14)16/h2-3,5,7,9-11,16,20H,4,6,8,12H2,1H3,(H,23,24). The van der Waals surface area contributed by atoms with Crippen molar-refractivity contribution in [2.24, 2.45) is 0 Å². The van der Waals surface area contributed by atoms with Gasteiger partial charge in [0, 0.05) is 6.54 Å². The molecule has 3 rings (SSSR count). The molecule has 1 unspecified atom stereocenters. The Kier molecular flexibility index (Phi) is 5.71. The summed E-state index contributed by atoms with van der Waals surface area (Å²) < 4.78 is 34.5. The van der Waals surface area contributed by atoms with E-state index >= 15 is 0 Å². The van der Waals surface area contributed by atoms with E-state index in [1.54, 1.807) is 12.1 Å². The predicted octanol–water partition coefficient (Wildman–Crippen LogP) is 4.03. The quantitative estimate of drug-likeness (QED) is 0.845. The van der Waals surface area contributed by atoms with Crippen LogP contribution in [0.15, 0.2) is 42.5 Å². The number of carbonyl (C=O) groups is 1. The molecule has 4 nitrogen and oxygen atoms in total. The first-order chi connectivity index (χ1) is 12.6. The van der Waals surface area contributed by atoms with Crippen molar-refractivity contribution in [3.63, 3.8) is 0 Å². The van der Waals surface area contributed by atoms with Crippen molar-refractivity contribution in [2.75, 3.05) is 7.11 Å². The van der Waals surface area contributed by atoms with Crippen LogP contribution in [0.2, 0.25) is 0 Å². The highest BCUT2D eigenvalue weighted by Crippen LogP contribution is 2.32. The Morgan fingerprint density at radius 3 is 2.81 bits per heavy atom. The first-order valence-electron chi connectivity index (χ1n) is 8.55. The maximum atomic E-state index is 12.6. The number of hydrogen-bond donors (Lipinski definition) is 1. The highest BCUT2D eigenvalue weighted by atomic mass is 19.3. The monoisotopic (exact) mass is 361 g/mol. The number of rotatable bonds is 6. The van der Waals surface area contributed by atoms with Crippen LogP contribution in [0.3, 0.4) is 0 Å². The van der Waals surface area contributed by atoms with Gasteiger partial charge in [0.15, 0.2) is 11.5 Å². The van der Waals surface area contributed by atoms with Crippen molar-refractivity contribution in [1.82, 2.24) is 5.32 Å². The molecule has 2 aromatic rings. The molecule has 0 bridgehead atoms. The summed E-state index contributed by atoms with van der Waals surface area (Å²) in [6.45, 7) is -2.70. The second-order valence-corrected chi connectivity index (χ2v) is 6.23. The van der Waals surface area contributed by atoms with Gasteiger partial charge in [-0.25, -0.2) is 0 Å². The number of benzene rings is 2. The molecule has 0 saturated carbocycles. The Morgan fingerprint density at radius 1 is 1.23 bits per heavy atom. The van der Waals surface area contributed by atoms with E-state index < -0.39 is 6.61 Å². The minimum atomic E-state index is -2.94. The zero-order valence-electron chi connectivity index (χ0n) is 14.5. The van der Waals surface area contributed by atoms with E-state index in [2.05, 4.69) is 16.1 Å². The maximum absolute atomic E-state index is 12.6. The Labute approximate surface area is 151 Å². The second-order valence-electron chi connectivity index (χ2n) is 6.23. The normalized spacial score (nSPS) is 16.1. The molecule has 0 aromatic heterocycles. The molecule has 1 aliphatic carbocycles. The zero-order valence-corrected chi connectivity index (χ0v) is 14.5. The molecule has 1 amide bonds. The van der Waals surface area contributed by atoms with Gasteiger partial charge in [0.05, 0.1) is 13.0 Å². The van der Waals surface area contributed by atoms with Crippen molar-refractivity contribution in [1.29, 1.82) is 0 Å². The smallest absolute Gasteiger partial charge is 0.387 e. The van der Waals surface area contributed by atoms with Crippen molar-refractivity contribution < 1.29 is 23.0 Å². The predicted molar refractivity (Wildman–Crippen MR) is 93.6 cm³/mol. The van der Waals surface area contributed by atoms with Gasteiger partial charge in [0.1, 0.15) is 0 Å². The van der Waals surface area contributed by atoms with E-state index in [9.17, 15) is 13.6 Å². The number of methoxy groups -OCH3 is 1. The number of amides is 1. The highest BCUT2D eigenvalue weighted by molar-refractivity contribution is 5.84. The molecule has 26 heavy (non-hydrogen) atoms. The minimum Gasteiger partial charge on any atom is -0.493 e. The van der Waals surface area contributed by atoms with Crippen LogP contribution in [0.25, 0.3) is 0 Å². The van der Waals surface area contributed by atoms with Gasteiger partial charge in [-0.05, 0) is 48.1 Å². The van der Waals surface area contributed by atoms with Crippen molar-refractivity contribution >= 4 is 5.91 Å². The maximum Gasteiger partial charge on any atom is 0.387 e. The third kappa shape index (κ3) is 4.12. The fourth-order valence-electron chi connectivity index (χ4n) is 3.36. The molecule has 1 atom stereocenters. The third-order valence-corrected chi connectivity index (χ3v) is 4.60. The number of ether oxygens (including phenoxy) is 2.